The summed E-state index contributed by atoms with van der Waals surface area (Å²) < 4.78 is 0. The fourth-order valence-corrected chi connectivity index (χ4v) is 1.97. The molecule has 0 aromatic carbocycles. The van der Waals surface area contributed by atoms with Gasteiger partial charge in [-0.05, 0) is 46.7 Å². The molecule has 2 heteroatoms. The average Bonchev–Trinajstić information content (AvgIpc) is 2.46. The summed E-state index contributed by atoms with van der Waals surface area (Å²) in [6.07, 6.45) is 2.75. The van der Waals surface area contributed by atoms with Crippen LogP contribution in [-0.4, -0.2) is 36.1 Å². The number of likely N-dealkylation sites (N-methyl/N-ethyl adjacent to an activating group) is 1. The highest BCUT2D eigenvalue weighted by molar-refractivity contribution is 4.82. The molecule has 0 radical (unpaired) electrons. The number of hydrogen-bond donors (Lipinski definition) is 1. The van der Waals surface area contributed by atoms with Crippen molar-refractivity contribution in [3.63, 3.8) is 0 Å². The van der Waals surface area contributed by atoms with Gasteiger partial charge in [0, 0.05) is 18.1 Å². The van der Waals surface area contributed by atoms with Crippen LogP contribution < -0.4 is 5.32 Å². The smallest absolute Gasteiger partial charge is 0.0221 e. The van der Waals surface area contributed by atoms with Gasteiger partial charge in [-0.15, -0.1) is 0 Å². The number of nitrogens with zero attached hydrogens (tertiary/aromatic N) is 1. The van der Waals surface area contributed by atoms with E-state index < -0.39 is 0 Å². The van der Waals surface area contributed by atoms with Crippen molar-refractivity contribution in [3.05, 3.63) is 0 Å². The molecule has 1 aliphatic rings. The summed E-state index contributed by atoms with van der Waals surface area (Å²) >= 11 is 0. The molecular formula is C11H24N2. The summed E-state index contributed by atoms with van der Waals surface area (Å²) in [5.74, 6) is 0. The van der Waals surface area contributed by atoms with E-state index in [0.29, 0.717) is 0 Å². The minimum Gasteiger partial charge on any atom is -0.311 e. The third kappa shape index (κ3) is 3.65. The van der Waals surface area contributed by atoms with Crippen molar-refractivity contribution in [2.45, 2.75) is 52.1 Å². The van der Waals surface area contributed by atoms with Crippen molar-refractivity contribution in [1.82, 2.24) is 10.2 Å². The third-order valence-electron chi connectivity index (χ3n) is 2.77. The fraction of sp³-hybridized carbons (Fsp3) is 1.00. The van der Waals surface area contributed by atoms with Gasteiger partial charge in [0.2, 0.25) is 0 Å². The summed E-state index contributed by atoms with van der Waals surface area (Å²) in [5.41, 5.74) is 0.266. The Morgan fingerprint density at radius 3 is 2.62 bits per heavy atom. The van der Waals surface area contributed by atoms with Crippen molar-refractivity contribution in [2.75, 3.05) is 19.6 Å². The number of nitrogens with one attached hydrogen (secondary N) is 1. The molecule has 0 spiro atoms. The van der Waals surface area contributed by atoms with E-state index in [1.165, 1.54) is 25.9 Å². The normalized spacial score (nSPS) is 25.4. The largest absolute Gasteiger partial charge is 0.311 e. The summed E-state index contributed by atoms with van der Waals surface area (Å²) in [5, 5.41) is 3.59. The van der Waals surface area contributed by atoms with Crippen LogP contribution >= 0.6 is 0 Å². The molecule has 1 fully saturated rings. The van der Waals surface area contributed by atoms with E-state index in [4.69, 9.17) is 0 Å². The molecule has 0 amide bonds. The molecule has 1 atom stereocenters. The third-order valence-corrected chi connectivity index (χ3v) is 2.77. The van der Waals surface area contributed by atoms with Crippen LogP contribution in [0.5, 0.6) is 0 Å². The zero-order valence-corrected chi connectivity index (χ0v) is 9.56. The van der Waals surface area contributed by atoms with Gasteiger partial charge in [0.05, 0.1) is 0 Å². The zero-order valence-electron chi connectivity index (χ0n) is 9.56. The molecule has 1 aliphatic heterocycles. The van der Waals surface area contributed by atoms with Gasteiger partial charge in [-0.3, -0.25) is 4.90 Å². The first-order chi connectivity index (χ1) is 6.03. The minimum absolute atomic E-state index is 0.266. The maximum atomic E-state index is 3.59. The first-order valence-corrected chi connectivity index (χ1v) is 5.52. The maximum Gasteiger partial charge on any atom is 0.0221 e. The number of likely N-dealkylation sites (tertiary alicyclic amines) is 1. The topological polar surface area (TPSA) is 15.3 Å². The lowest BCUT2D eigenvalue weighted by atomic mass is 10.1. The Morgan fingerprint density at radius 1 is 1.38 bits per heavy atom. The van der Waals surface area contributed by atoms with Crippen LogP contribution in [0.3, 0.4) is 0 Å². The molecule has 13 heavy (non-hydrogen) atoms. The quantitative estimate of drug-likeness (QED) is 0.720. The highest BCUT2D eigenvalue weighted by atomic mass is 15.2. The first-order valence-electron chi connectivity index (χ1n) is 5.52. The predicted octanol–water partition coefficient (Wildman–Crippen LogP) is 1.86. The summed E-state index contributed by atoms with van der Waals surface area (Å²) in [4.78, 5) is 2.58. The molecule has 1 N–H and O–H groups in total. The van der Waals surface area contributed by atoms with Crippen LogP contribution in [0.2, 0.25) is 0 Å². The molecule has 78 valence electrons. The van der Waals surface area contributed by atoms with Crippen molar-refractivity contribution in [1.29, 1.82) is 0 Å². The Bertz CT molecular complexity index is 149. The SMILES string of the molecule is CCN1CCC[C@H]1CNC(C)(C)C. The molecule has 2 nitrogen and oxygen atoms in total. The Morgan fingerprint density at radius 2 is 2.08 bits per heavy atom. The van der Waals surface area contributed by atoms with Gasteiger partial charge >= 0.3 is 0 Å². The Kier molecular flexibility index (Phi) is 3.74. The van der Waals surface area contributed by atoms with Gasteiger partial charge in [0.25, 0.3) is 0 Å². The summed E-state index contributed by atoms with van der Waals surface area (Å²) in [7, 11) is 0. The monoisotopic (exact) mass is 184 g/mol. The summed E-state index contributed by atoms with van der Waals surface area (Å²) in [6, 6.07) is 0.782. The van der Waals surface area contributed by atoms with Gasteiger partial charge in [0.1, 0.15) is 0 Å². The van der Waals surface area contributed by atoms with E-state index in [0.717, 1.165) is 12.6 Å². The Hall–Kier alpha value is -0.0800. The second kappa shape index (κ2) is 4.43. The van der Waals surface area contributed by atoms with Crippen molar-refractivity contribution in [3.8, 4) is 0 Å². The lowest BCUT2D eigenvalue weighted by Crippen LogP contribution is -2.45. The molecule has 0 saturated carbocycles. The fourth-order valence-electron chi connectivity index (χ4n) is 1.97. The molecule has 1 saturated heterocycles. The van der Waals surface area contributed by atoms with Gasteiger partial charge in [-0.1, -0.05) is 6.92 Å². The van der Waals surface area contributed by atoms with Crippen molar-refractivity contribution < 1.29 is 0 Å². The molecule has 0 unspecified atom stereocenters. The van der Waals surface area contributed by atoms with E-state index in [9.17, 15) is 0 Å². The summed E-state index contributed by atoms with van der Waals surface area (Å²) in [6.45, 7) is 12.6. The van der Waals surface area contributed by atoms with Crippen molar-refractivity contribution in [2.24, 2.45) is 0 Å². The van der Waals surface area contributed by atoms with Crippen LogP contribution in [0, 0.1) is 0 Å². The zero-order chi connectivity index (χ0) is 9.90. The highest BCUT2D eigenvalue weighted by Gasteiger charge is 2.23. The van der Waals surface area contributed by atoms with Crippen LogP contribution in [0.25, 0.3) is 0 Å². The second-order valence-corrected chi connectivity index (χ2v) is 5.06. The maximum absolute atomic E-state index is 3.59. The Labute approximate surface area is 82.7 Å². The second-order valence-electron chi connectivity index (χ2n) is 5.06. The predicted molar refractivity (Wildman–Crippen MR) is 58.0 cm³/mol. The highest BCUT2D eigenvalue weighted by Crippen LogP contribution is 2.16. The molecular weight excluding hydrogens is 160 g/mol. The molecule has 0 bridgehead atoms. The van der Waals surface area contributed by atoms with Gasteiger partial charge in [-0.25, -0.2) is 0 Å². The lowest BCUT2D eigenvalue weighted by molar-refractivity contribution is 0.244. The average molecular weight is 184 g/mol. The van der Waals surface area contributed by atoms with Gasteiger partial charge < -0.3 is 5.32 Å². The molecule has 0 aliphatic carbocycles. The van der Waals surface area contributed by atoms with E-state index in [2.05, 4.69) is 37.9 Å². The standard InChI is InChI=1S/C11H24N2/c1-5-13-8-6-7-10(13)9-12-11(2,3)4/h10,12H,5-9H2,1-4H3/t10-/m0/s1. The Balaban J connectivity index is 2.28. The van der Waals surface area contributed by atoms with Crippen LogP contribution in [0.15, 0.2) is 0 Å². The molecule has 0 aromatic heterocycles. The first kappa shape index (κ1) is 11.0. The molecule has 1 rings (SSSR count). The van der Waals surface area contributed by atoms with E-state index >= 15 is 0 Å². The van der Waals surface area contributed by atoms with E-state index in [1.54, 1.807) is 0 Å². The number of hydrogen-bond acceptors (Lipinski definition) is 2. The lowest BCUT2D eigenvalue weighted by Gasteiger charge is -2.28. The van der Waals surface area contributed by atoms with Crippen molar-refractivity contribution >= 4 is 0 Å². The molecule has 1 heterocycles. The van der Waals surface area contributed by atoms with Crippen LogP contribution in [0.4, 0.5) is 0 Å². The van der Waals surface area contributed by atoms with E-state index in [-0.39, 0.29) is 5.54 Å². The van der Waals surface area contributed by atoms with Gasteiger partial charge in [0.15, 0.2) is 0 Å². The minimum atomic E-state index is 0.266. The van der Waals surface area contributed by atoms with E-state index in [1.807, 2.05) is 0 Å². The molecule has 0 aromatic rings. The van der Waals surface area contributed by atoms with Gasteiger partial charge in [-0.2, -0.15) is 0 Å². The van der Waals surface area contributed by atoms with Crippen LogP contribution in [-0.2, 0) is 0 Å². The van der Waals surface area contributed by atoms with Crippen LogP contribution in [0.1, 0.15) is 40.5 Å². The number of rotatable bonds is 3.